The van der Waals surface area contributed by atoms with Gasteiger partial charge in [-0.05, 0) is 19.0 Å². The molecule has 1 amide bonds. The van der Waals surface area contributed by atoms with Crippen molar-refractivity contribution >= 4 is 5.91 Å². The molecule has 1 aromatic rings. The number of hydrogen-bond donors (Lipinski definition) is 3. The van der Waals surface area contributed by atoms with Crippen LogP contribution in [-0.2, 0) is 4.79 Å². The van der Waals surface area contributed by atoms with Crippen LogP contribution in [0.1, 0.15) is 24.1 Å². The zero-order valence-corrected chi connectivity index (χ0v) is 8.95. The molecule has 1 unspecified atom stereocenters. The van der Waals surface area contributed by atoms with Crippen LogP contribution in [0, 0.1) is 6.92 Å². The molecule has 0 bridgehead atoms. The Bertz CT molecular complexity index is 322. The number of benzene rings is 1. The average Bonchev–Trinajstić information content (AvgIpc) is 2.26. The molecule has 1 aromatic carbocycles. The summed E-state index contributed by atoms with van der Waals surface area (Å²) in [5, 5.41) is 11.6. The van der Waals surface area contributed by atoms with Crippen LogP contribution in [0.3, 0.4) is 0 Å². The van der Waals surface area contributed by atoms with Gasteiger partial charge in [0.1, 0.15) is 6.04 Å². The number of hydrogen-bond acceptors (Lipinski definition) is 3. The molecule has 0 radical (unpaired) electrons. The van der Waals surface area contributed by atoms with E-state index in [9.17, 15) is 4.79 Å². The van der Waals surface area contributed by atoms with Gasteiger partial charge in [-0.25, -0.2) is 5.48 Å². The molecule has 0 heterocycles. The number of carbonyl (C=O) groups excluding carboxylic acids is 1. The van der Waals surface area contributed by atoms with Crippen molar-refractivity contribution < 1.29 is 10.0 Å². The molecule has 82 valence electrons. The Labute approximate surface area is 89.3 Å². The molecule has 0 fully saturated rings. The fraction of sp³-hybridized carbons (Fsp3) is 0.364. The topological polar surface area (TPSA) is 61.4 Å². The summed E-state index contributed by atoms with van der Waals surface area (Å²) in [6.45, 7) is 4.55. The minimum atomic E-state index is -0.499. The van der Waals surface area contributed by atoms with Crippen LogP contribution in [0.5, 0.6) is 0 Å². The van der Waals surface area contributed by atoms with Crippen LogP contribution in [0.25, 0.3) is 0 Å². The molecule has 0 saturated carbocycles. The minimum absolute atomic E-state index is 0.444. The van der Waals surface area contributed by atoms with Crippen LogP contribution in [0.4, 0.5) is 0 Å². The molecule has 0 aromatic heterocycles. The van der Waals surface area contributed by atoms with E-state index in [2.05, 4.69) is 5.32 Å². The maximum atomic E-state index is 11.4. The summed E-state index contributed by atoms with van der Waals surface area (Å²) >= 11 is 0. The molecule has 0 spiro atoms. The van der Waals surface area contributed by atoms with Gasteiger partial charge in [-0.3, -0.25) is 10.0 Å². The number of hydroxylamine groups is 1. The zero-order chi connectivity index (χ0) is 11.3. The van der Waals surface area contributed by atoms with Crippen molar-refractivity contribution in [1.29, 1.82) is 0 Å². The van der Waals surface area contributed by atoms with Gasteiger partial charge < -0.3 is 5.32 Å². The molecule has 4 nitrogen and oxygen atoms in total. The lowest BCUT2D eigenvalue weighted by Gasteiger charge is -2.15. The first-order chi connectivity index (χ1) is 7.19. The third-order valence-corrected chi connectivity index (χ3v) is 2.19. The summed E-state index contributed by atoms with van der Waals surface area (Å²) < 4.78 is 0. The Morgan fingerprint density at radius 2 is 2.00 bits per heavy atom. The van der Waals surface area contributed by atoms with E-state index in [-0.39, 0.29) is 0 Å². The number of carbonyl (C=O) groups is 1. The van der Waals surface area contributed by atoms with Gasteiger partial charge in [0.15, 0.2) is 0 Å². The van der Waals surface area contributed by atoms with Gasteiger partial charge in [0.2, 0.25) is 0 Å². The molecule has 0 aliphatic carbocycles. The highest BCUT2D eigenvalue weighted by Gasteiger charge is 2.18. The van der Waals surface area contributed by atoms with Crippen molar-refractivity contribution in [1.82, 2.24) is 10.8 Å². The molecule has 1 atom stereocenters. The molecule has 15 heavy (non-hydrogen) atoms. The Morgan fingerprint density at radius 3 is 2.47 bits per heavy atom. The van der Waals surface area contributed by atoms with E-state index in [1.807, 2.05) is 38.1 Å². The highest BCUT2D eigenvalue weighted by molar-refractivity contribution is 5.82. The van der Waals surface area contributed by atoms with E-state index in [1.54, 1.807) is 5.48 Å². The highest BCUT2D eigenvalue weighted by atomic mass is 16.5. The van der Waals surface area contributed by atoms with Gasteiger partial charge in [0.25, 0.3) is 5.91 Å². The van der Waals surface area contributed by atoms with Crippen molar-refractivity contribution in [3.8, 4) is 0 Å². The smallest absolute Gasteiger partial charge is 0.265 e. The van der Waals surface area contributed by atoms with Crippen molar-refractivity contribution in [3.05, 3.63) is 35.4 Å². The lowest BCUT2D eigenvalue weighted by molar-refractivity contribution is -0.131. The molecule has 0 aliphatic heterocycles. The summed E-state index contributed by atoms with van der Waals surface area (Å²) in [6.07, 6.45) is 0. The molecule has 0 saturated heterocycles. The molecular weight excluding hydrogens is 192 g/mol. The van der Waals surface area contributed by atoms with E-state index < -0.39 is 11.9 Å². The van der Waals surface area contributed by atoms with Crippen LogP contribution in [0.15, 0.2) is 24.3 Å². The fourth-order valence-corrected chi connectivity index (χ4v) is 1.39. The lowest BCUT2D eigenvalue weighted by atomic mass is 10.0. The molecule has 0 aliphatic rings. The van der Waals surface area contributed by atoms with Crippen molar-refractivity contribution in [2.24, 2.45) is 0 Å². The van der Waals surface area contributed by atoms with Gasteiger partial charge in [-0.2, -0.15) is 0 Å². The second-order valence-electron chi connectivity index (χ2n) is 3.38. The lowest BCUT2D eigenvalue weighted by Crippen LogP contribution is -2.35. The zero-order valence-electron chi connectivity index (χ0n) is 8.95. The highest BCUT2D eigenvalue weighted by Crippen LogP contribution is 2.13. The minimum Gasteiger partial charge on any atom is -0.302 e. The van der Waals surface area contributed by atoms with Crippen molar-refractivity contribution in [2.75, 3.05) is 6.54 Å². The quantitative estimate of drug-likeness (QED) is 0.514. The Morgan fingerprint density at radius 1 is 1.40 bits per heavy atom. The van der Waals surface area contributed by atoms with Crippen LogP contribution >= 0.6 is 0 Å². The third-order valence-electron chi connectivity index (χ3n) is 2.19. The van der Waals surface area contributed by atoms with Gasteiger partial charge >= 0.3 is 0 Å². The first-order valence-corrected chi connectivity index (χ1v) is 4.93. The number of aryl methyl sites for hydroxylation is 1. The largest absolute Gasteiger partial charge is 0.302 e. The predicted octanol–water partition coefficient (Wildman–Crippen LogP) is 1.15. The maximum Gasteiger partial charge on any atom is 0.265 e. The van der Waals surface area contributed by atoms with Crippen molar-refractivity contribution in [2.45, 2.75) is 19.9 Å². The summed E-state index contributed by atoms with van der Waals surface area (Å²) in [5.74, 6) is -0.444. The van der Waals surface area contributed by atoms with E-state index in [1.165, 1.54) is 0 Å². The van der Waals surface area contributed by atoms with E-state index in [0.29, 0.717) is 6.54 Å². The summed E-state index contributed by atoms with van der Waals surface area (Å²) in [4.78, 5) is 11.4. The van der Waals surface area contributed by atoms with E-state index in [4.69, 9.17) is 5.21 Å². The summed E-state index contributed by atoms with van der Waals surface area (Å²) in [6, 6.07) is 7.12. The predicted molar refractivity (Wildman–Crippen MR) is 57.5 cm³/mol. The number of nitrogens with one attached hydrogen (secondary N) is 2. The van der Waals surface area contributed by atoms with Gasteiger partial charge in [0, 0.05) is 0 Å². The van der Waals surface area contributed by atoms with Gasteiger partial charge in [0.05, 0.1) is 0 Å². The fourth-order valence-electron chi connectivity index (χ4n) is 1.39. The second kappa shape index (κ2) is 5.48. The Hall–Kier alpha value is -1.39. The third kappa shape index (κ3) is 3.04. The second-order valence-corrected chi connectivity index (χ2v) is 3.38. The number of amides is 1. The summed E-state index contributed by atoms with van der Waals surface area (Å²) in [7, 11) is 0. The van der Waals surface area contributed by atoms with E-state index >= 15 is 0 Å². The van der Waals surface area contributed by atoms with Crippen LogP contribution in [-0.4, -0.2) is 17.7 Å². The number of likely N-dealkylation sites (N-methyl/N-ethyl adjacent to an activating group) is 1. The molecular formula is C11H16N2O2. The first-order valence-electron chi connectivity index (χ1n) is 4.93. The Balaban J connectivity index is 2.88. The summed E-state index contributed by atoms with van der Waals surface area (Å²) in [5.41, 5.74) is 3.64. The normalized spacial score (nSPS) is 12.2. The average molecular weight is 208 g/mol. The SMILES string of the molecule is CCNC(C(=O)NO)c1ccc(C)cc1. The molecule has 3 N–H and O–H groups in total. The van der Waals surface area contributed by atoms with Crippen molar-refractivity contribution in [3.63, 3.8) is 0 Å². The van der Waals surface area contributed by atoms with E-state index in [0.717, 1.165) is 11.1 Å². The monoisotopic (exact) mass is 208 g/mol. The van der Waals surface area contributed by atoms with Crippen LogP contribution in [0.2, 0.25) is 0 Å². The molecule has 1 rings (SSSR count). The standard InChI is InChI=1S/C11H16N2O2/c1-3-12-10(11(14)13-15)9-6-4-8(2)5-7-9/h4-7,10,12,15H,3H2,1-2H3,(H,13,14). The number of rotatable bonds is 4. The van der Waals surface area contributed by atoms with Crippen LogP contribution < -0.4 is 10.8 Å². The van der Waals surface area contributed by atoms with Gasteiger partial charge in [-0.1, -0.05) is 36.8 Å². The maximum absolute atomic E-state index is 11.4. The van der Waals surface area contributed by atoms with Gasteiger partial charge in [-0.15, -0.1) is 0 Å². The Kier molecular flexibility index (Phi) is 4.27. The first kappa shape index (κ1) is 11.7. The molecule has 4 heteroatoms.